The molecule has 0 radical (unpaired) electrons. The SMILES string of the molecule is CCCNc1cc(C(F)F)nc2c(Cl)cccc12. The van der Waals surface area contributed by atoms with Crippen LogP contribution in [0.15, 0.2) is 24.3 Å². The van der Waals surface area contributed by atoms with E-state index < -0.39 is 6.43 Å². The minimum Gasteiger partial charge on any atom is -0.384 e. The number of nitrogens with one attached hydrogen (secondary N) is 1. The highest BCUT2D eigenvalue weighted by Gasteiger charge is 2.14. The molecule has 0 aliphatic rings. The van der Waals surface area contributed by atoms with Gasteiger partial charge in [-0.05, 0) is 18.6 Å². The van der Waals surface area contributed by atoms with Gasteiger partial charge in [0.25, 0.3) is 6.43 Å². The lowest BCUT2D eigenvalue weighted by molar-refractivity contribution is 0.146. The van der Waals surface area contributed by atoms with Crippen LogP contribution >= 0.6 is 11.6 Å². The van der Waals surface area contributed by atoms with Crippen molar-refractivity contribution in [3.63, 3.8) is 0 Å². The molecule has 0 aliphatic heterocycles. The monoisotopic (exact) mass is 270 g/mol. The van der Waals surface area contributed by atoms with Crippen LogP contribution in [0.2, 0.25) is 5.02 Å². The molecule has 18 heavy (non-hydrogen) atoms. The Kier molecular flexibility index (Phi) is 3.97. The van der Waals surface area contributed by atoms with Gasteiger partial charge in [0.15, 0.2) is 0 Å². The van der Waals surface area contributed by atoms with Crippen molar-refractivity contribution >= 4 is 28.2 Å². The Bertz CT molecular complexity index is 558. The fourth-order valence-corrected chi connectivity index (χ4v) is 1.97. The molecule has 0 amide bonds. The zero-order valence-electron chi connectivity index (χ0n) is 9.88. The molecular weight excluding hydrogens is 258 g/mol. The van der Waals surface area contributed by atoms with E-state index in [9.17, 15) is 8.78 Å². The molecule has 0 bridgehead atoms. The van der Waals surface area contributed by atoms with Gasteiger partial charge in [0, 0.05) is 17.6 Å². The van der Waals surface area contributed by atoms with Gasteiger partial charge in [-0.1, -0.05) is 30.7 Å². The van der Waals surface area contributed by atoms with Gasteiger partial charge < -0.3 is 5.32 Å². The van der Waals surface area contributed by atoms with Gasteiger partial charge >= 0.3 is 0 Å². The maximum atomic E-state index is 12.8. The maximum absolute atomic E-state index is 12.8. The van der Waals surface area contributed by atoms with Crippen LogP contribution < -0.4 is 5.32 Å². The van der Waals surface area contributed by atoms with Crippen LogP contribution in [0, 0.1) is 0 Å². The fraction of sp³-hybridized carbons (Fsp3) is 0.308. The second-order valence-electron chi connectivity index (χ2n) is 3.96. The summed E-state index contributed by atoms with van der Waals surface area (Å²) in [5.41, 5.74) is 0.810. The summed E-state index contributed by atoms with van der Waals surface area (Å²) in [4.78, 5) is 3.92. The number of nitrogens with zero attached hydrogens (tertiary/aromatic N) is 1. The highest BCUT2D eigenvalue weighted by molar-refractivity contribution is 6.35. The molecule has 1 aromatic heterocycles. The average Bonchev–Trinajstić information content (AvgIpc) is 2.36. The van der Waals surface area contributed by atoms with Crippen molar-refractivity contribution in [2.45, 2.75) is 19.8 Å². The lowest BCUT2D eigenvalue weighted by Crippen LogP contribution is -2.03. The smallest absolute Gasteiger partial charge is 0.280 e. The molecule has 96 valence electrons. The first kappa shape index (κ1) is 13.0. The summed E-state index contributed by atoms with van der Waals surface area (Å²) >= 11 is 6.00. The first-order valence-electron chi connectivity index (χ1n) is 5.74. The summed E-state index contributed by atoms with van der Waals surface area (Å²) < 4.78 is 25.6. The topological polar surface area (TPSA) is 24.9 Å². The number of para-hydroxylation sites is 1. The molecule has 0 atom stereocenters. The minimum atomic E-state index is -2.60. The zero-order chi connectivity index (χ0) is 13.1. The summed E-state index contributed by atoms with van der Waals surface area (Å²) in [6, 6.07) is 6.64. The molecule has 1 aromatic carbocycles. The Morgan fingerprint density at radius 3 is 2.83 bits per heavy atom. The summed E-state index contributed by atoms with van der Waals surface area (Å²) in [6.45, 7) is 2.73. The van der Waals surface area contributed by atoms with E-state index in [2.05, 4.69) is 10.3 Å². The predicted octanol–water partition coefficient (Wildman–Crippen LogP) is 4.65. The molecule has 2 nitrogen and oxygen atoms in total. The van der Waals surface area contributed by atoms with Crippen LogP contribution in [0.5, 0.6) is 0 Å². The number of benzene rings is 1. The second-order valence-corrected chi connectivity index (χ2v) is 4.37. The summed E-state index contributed by atoms with van der Waals surface area (Å²) in [7, 11) is 0. The number of aromatic nitrogens is 1. The second kappa shape index (κ2) is 5.48. The average molecular weight is 271 g/mol. The zero-order valence-corrected chi connectivity index (χ0v) is 10.6. The third kappa shape index (κ3) is 2.53. The van der Waals surface area contributed by atoms with E-state index in [4.69, 9.17) is 11.6 Å². The van der Waals surface area contributed by atoms with Gasteiger partial charge in [0.2, 0.25) is 0 Å². The quantitative estimate of drug-likeness (QED) is 0.875. The molecule has 2 rings (SSSR count). The highest BCUT2D eigenvalue weighted by atomic mass is 35.5. The van der Waals surface area contributed by atoms with Crippen LogP contribution in [-0.4, -0.2) is 11.5 Å². The first-order valence-corrected chi connectivity index (χ1v) is 6.12. The normalized spacial score (nSPS) is 11.2. The van der Waals surface area contributed by atoms with Gasteiger partial charge in [0.1, 0.15) is 5.69 Å². The van der Waals surface area contributed by atoms with Crippen molar-refractivity contribution in [1.29, 1.82) is 0 Å². The Morgan fingerprint density at radius 2 is 2.17 bits per heavy atom. The number of hydrogen-bond donors (Lipinski definition) is 1. The number of anilines is 1. The van der Waals surface area contributed by atoms with Crippen LogP contribution in [0.4, 0.5) is 14.5 Å². The van der Waals surface area contributed by atoms with Crippen molar-refractivity contribution in [2.24, 2.45) is 0 Å². The van der Waals surface area contributed by atoms with Crippen LogP contribution in [0.25, 0.3) is 10.9 Å². The van der Waals surface area contributed by atoms with Crippen molar-refractivity contribution in [3.8, 4) is 0 Å². The molecular formula is C13H13ClF2N2. The van der Waals surface area contributed by atoms with E-state index in [0.717, 1.165) is 11.8 Å². The van der Waals surface area contributed by atoms with Gasteiger partial charge in [-0.3, -0.25) is 0 Å². The van der Waals surface area contributed by atoms with Crippen LogP contribution in [0.3, 0.4) is 0 Å². The number of pyridine rings is 1. The molecule has 1 heterocycles. The number of rotatable bonds is 4. The third-order valence-corrected chi connectivity index (χ3v) is 2.90. The molecule has 0 saturated carbocycles. The van der Waals surface area contributed by atoms with Crippen molar-refractivity contribution in [1.82, 2.24) is 4.98 Å². The largest absolute Gasteiger partial charge is 0.384 e. The first-order chi connectivity index (χ1) is 8.63. The van der Waals surface area contributed by atoms with E-state index in [1.165, 1.54) is 6.07 Å². The van der Waals surface area contributed by atoms with Crippen molar-refractivity contribution in [2.75, 3.05) is 11.9 Å². The molecule has 0 spiro atoms. The fourth-order valence-electron chi connectivity index (χ4n) is 1.75. The minimum absolute atomic E-state index is 0.255. The lowest BCUT2D eigenvalue weighted by Gasteiger charge is -2.11. The lowest BCUT2D eigenvalue weighted by atomic mass is 10.1. The Morgan fingerprint density at radius 1 is 1.39 bits per heavy atom. The van der Waals surface area contributed by atoms with Gasteiger partial charge in [0.05, 0.1) is 10.5 Å². The van der Waals surface area contributed by atoms with Crippen molar-refractivity contribution in [3.05, 3.63) is 35.0 Å². The number of fused-ring (bicyclic) bond motifs is 1. The summed E-state index contributed by atoms with van der Waals surface area (Å²) in [5.74, 6) is 0. The molecule has 0 unspecified atom stereocenters. The van der Waals surface area contributed by atoms with Crippen LogP contribution in [-0.2, 0) is 0 Å². The van der Waals surface area contributed by atoms with E-state index >= 15 is 0 Å². The summed E-state index contributed by atoms with van der Waals surface area (Å²) in [6.07, 6.45) is -1.69. The number of hydrogen-bond acceptors (Lipinski definition) is 2. The van der Waals surface area contributed by atoms with E-state index in [-0.39, 0.29) is 5.69 Å². The molecule has 0 fully saturated rings. The van der Waals surface area contributed by atoms with E-state index in [0.29, 0.717) is 22.8 Å². The molecule has 0 aliphatic carbocycles. The maximum Gasteiger partial charge on any atom is 0.280 e. The third-order valence-electron chi connectivity index (χ3n) is 2.60. The Hall–Kier alpha value is -1.42. The molecule has 0 saturated heterocycles. The molecule has 1 N–H and O–H groups in total. The number of alkyl halides is 2. The molecule has 2 aromatic rings. The predicted molar refractivity (Wildman–Crippen MR) is 70.5 cm³/mol. The van der Waals surface area contributed by atoms with Gasteiger partial charge in [-0.15, -0.1) is 0 Å². The Labute approximate surface area is 109 Å². The van der Waals surface area contributed by atoms with Gasteiger partial charge in [-0.2, -0.15) is 0 Å². The van der Waals surface area contributed by atoms with E-state index in [1.807, 2.05) is 13.0 Å². The van der Waals surface area contributed by atoms with E-state index in [1.54, 1.807) is 12.1 Å². The molecule has 5 heteroatoms. The number of halogens is 3. The standard InChI is InChI=1S/C13H13ClF2N2/c1-2-6-17-10-7-11(13(15)16)18-12-8(10)4-3-5-9(12)14/h3-5,7,13H,2,6H2,1H3,(H,17,18). The highest BCUT2D eigenvalue weighted by Crippen LogP contribution is 2.31. The van der Waals surface area contributed by atoms with Gasteiger partial charge in [-0.25, -0.2) is 13.8 Å². The van der Waals surface area contributed by atoms with Crippen molar-refractivity contribution < 1.29 is 8.78 Å². The Balaban J connectivity index is 2.61. The van der Waals surface area contributed by atoms with Crippen LogP contribution in [0.1, 0.15) is 25.5 Å². The summed E-state index contributed by atoms with van der Waals surface area (Å²) in [5, 5.41) is 4.28.